The molecule has 0 bridgehead atoms. The summed E-state index contributed by atoms with van der Waals surface area (Å²) in [7, 11) is -2.38. The Bertz CT molecular complexity index is 398. The average Bonchev–Trinajstić information content (AvgIpc) is 2.28. The van der Waals surface area contributed by atoms with E-state index in [9.17, 15) is 4.57 Å². The summed E-state index contributed by atoms with van der Waals surface area (Å²) in [6.07, 6.45) is 4.57. The molecule has 80 valence electrons. The zero-order valence-corrected chi connectivity index (χ0v) is 9.18. The van der Waals surface area contributed by atoms with Gasteiger partial charge < -0.3 is 0 Å². The number of allylic oxidation sites excluding steroid dienone is 4. The van der Waals surface area contributed by atoms with Gasteiger partial charge in [0.2, 0.25) is 0 Å². The van der Waals surface area contributed by atoms with E-state index in [1.165, 1.54) is 12.2 Å². The summed E-state index contributed by atoms with van der Waals surface area (Å²) < 4.78 is 20.1. The van der Waals surface area contributed by atoms with Gasteiger partial charge in [-0.25, -0.2) is 9.05 Å². The highest BCUT2D eigenvalue weighted by atomic mass is 31.1. The summed E-state index contributed by atoms with van der Waals surface area (Å²) in [6.45, 7) is 6.68. The van der Waals surface area contributed by atoms with Crippen LogP contribution in [-0.4, -0.2) is 0 Å². The summed E-state index contributed by atoms with van der Waals surface area (Å²) in [6, 6.07) is 3.49. The molecule has 0 fully saturated rings. The van der Waals surface area contributed by atoms with E-state index in [0.29, 0.717) is 0 Å². The van der Waals surface area contributed by atoms with Gasteiger partial charge in [0.15, 0.2) is 12.5 Å². The lowest BCUT2D eigenvalue weighted by Gasteiger charge is -1.82. The fourth-order valence-corrected chi connectivity index (χ4v) is 0.794. The summed E-state index contributed by atoms with van der Waals surface area (Å²) in [5.74, 6) is 0. The zero-order chi connectivity index (χ0) is 12.4. The Balaban J connectivity index is 3.95. The number of rotatable bonds is 6. The molecule has 0 unspecified atom stereocenters. The number of nitriles is 2. The Hall–Kier alpha value is -2.36. The zero-order valence-electron chi connectivity index (χ0n) is 8.29. The van der Waals surface area contributed by atoms with Crippen LogP contribution in [0.2, 0.25) is 0 Å². The molecule has 0 N–H and O–H groups in total. The van der Waals surface area contributed by atoms with Crippen LogP contribution in [0.3, 0.4) is 0 Å². The molecule has 0 spiro atoms. The second-order valence-electron chi connectivity index (χ2n) is 2.31. The third-order valence-electron chi connectivity index (χ3n) is 1.12. The molecule has 5 nitrogen and oxygen atoms in total. The normalized spacial score (nSPS) is 10.5. The molecular formula is C10H8N2O3P+. The van der Waals surface area contributed by atoms with Gasteiger partial charge in [-0.3, -0.25) is 0 Å². The Morgan fingerprint density at radius 2 is 1.44 bits per heavy atom. The standard InChI is InChI=1S/C10H8N2O3P/c1-9(7-11)3-5-14-16(13)15-6-4-10(2)8-12/h3-6H,1-2H2/q+1. The molecule has 0 aliphatic heterocycles. The maximum atomic E-state index is 11.0. The van der Waals surface area contributed by atoms with Gasteiger partial charge in [-0.15, -0.1) is 0 Å². The second kappa shape index (κ2) is 7.99. The number of hydrogen-bond acceptors (Lipinski definition) is 5. The van der Waals surface area contributed by atoms with Crippen LogP contribution in [0.5, 0.6) is 0 Å². The Labute approximate surface area is 94.2 Å². The van der Waals surface area contributed by atoms with Gasteiger partial charge in [-0.1, -0.05) is 13.2 Å². The summed E-state index contributed by atoms with van der Waals surface area (Å²) >= 11 is 0. The van der Waals surface area contributed by atoms with Crippen molar-refractivity contribution in [2.45, 2.75) is 0 Å². The molecule has 0 saturated carbocycles. The van der Waals surface area contributed by atoms with E-state index < -0.39 is 8.25 Å². The first-order valence-corrected chi connectivity index (χ1v) is 5.01. The van der Waals surface area contributed by atoms with Crippen LogP contribution in [0.4, 0.5) is 0 Å². The lowest BCUT2D eigenvalue weighted by Crippen LogP contribution is -1.72. The molecule has 0 amide bonds. The first-order valence-electron chi connectivity index (χ1n) is 3.92. The van der Waals surface area contributed by atoms with Crippen molar-refractivity contribution in [3.05, 3.63) is 49.0 Å². The molecule has 0 aromatic rings. The average molecular weight is 235 g/mol. The monoisotopic (exact) mass is 235 g/mol. The van der Waals surface area contributed by atoms with Crippen molar-refractivity contribution in [2.24, 2.45) is 0 Å². The van der Waals surface area contributed by atoms with Crippen molar-refractivity contribution in [2.75, 3.05) is 0 Å². The van der Waals surface area contributed by atoms with Crippen molar-refractivity contribution in [3.8, 4) is 12.1 Å². The third-order valence-corrected chi connectivity index (χ3v) is 1.71. The first kappa shape index (κ1) is 13.6. The van der Waals surface area contributed by atoms with Crippen LogP contribution >= 0.6 is 8.25 Å². The smallest absolute Gasteiger partial charge is 0.230 e. The molecule has 0 rings (SSSR count). The van der Waals surface area contributed by atoms with E-state index in [2.05, 4.69) is 22.2 Å². The largest absolute Gasteiger partial charge is 0.804 e. The minimum absolute atomic E-state index is 0.164. The maximum absolute atomic E-state index is 11.0. The molecule has 0 radical (unpaired) electrons. The minimum atomic E-state index is -2.38. The van der Waals surface area contributed by atoms with Gasteiger partial charge in [0.1, 0.15) is 0 Å². The van der Waals surface area contributed by atoms with E-state index >= 15 is 0 Å². The highest BCUT2D eigenvalue weighted by molar-refractivity contribution is 7.33. The van der Waals surface area contributed by atoms with Gasteiger partial charge in [0.05, 0.1) is 12.1 Å². The molecular weight excluding hydrogens is 227 g/mol. The summed E-state index contributed by atoms with van der Waals surface area (Å²) in [5.41, 5.74) is 0.327. The van der Waals surface area contributed by atoms with Gasteiger partial charge in [-0.05, 0) is 12.2 Å². The van der Waals surface area contributed by atoms with Gasteiger partial charge in [-0.2, -0.15) is 10.5 Å². The topological polar surface area (TPSA) is 83.1 Å². The van der Waals surface area contributed by atoms with E-state index in [1.54, 1.807) is 12.1 Å². The SMILES string of the molecule is C=C(C#N)C=CO[P+](=O)OC=CC(=C)C#N. The van der Waals surface area contributed by atoms with Crippen molar-refractivity contribution in [1.29, 1.82) is 10.5 Å². The van der Waals surface area contributed by atoms with E-state index in [1.807, 2.05) is 0 Å². The molecule has 0 saturated heterocycles. The highest BCUT2D eigenvalue weighted by Gasteiger charge is 2.16. The number of nitrogens with zero attached hydrogens (tertiary/aromatic N) is 2. The van der Waals surface area contributed by atoms with Crippen molar-refractivity contribution >= 4 is 8.25 Å². The van der Waals surface area contributed by atoms with Gasteiger partial charge >= 0.3 is 8.25 Å². The molecule has 0 aromatic carbocycles. The van der Waals surface area contributed by atoms with Crippen LogP contribution < -0.4 is 0 Å². The molecule has 0 aromatic heterocycles. The Morgan fingerprint density at radius 3 is 1.75 bits per heavy atom. The van der Waals surface area contributed by atoms with Crippen LogP contribution in [0.25, 0.3) is 0 Å². The third kappa shape index (κ3) is 7.08. The lowest BCUT2D eigenvalue weighted by molar-refractivity contribution is 0.356. The van der Waals surface area contributed by atoms with E-state index in [-0.39, 0.29) is 11.1 Å². The minimum Gasteiger partial charge on any atom is -0.230 e. The fourth-order valence-electron chi connectivity index (χ4n) is 0.424. The predicted octanol–water partition coefficient (Wildman–Crippen LogP) is 2.86. The second-order valence-corrected chi connectivity index (χ2v) is 3.18. The summed E-state index contributed by atoms with van der Waals surface area (Å²) in [5, 5.41) is 16.6. The summed E-state index contributed by atoms with van der Waals surface area (Å²) in [4.78, 5) is 0. The lowest BCUT2D eigenvalue weighted by atomic mass is 10.3. The van der Waals surface area contributed by atoms with E-state index in [4.69, 9.17) is 10.5 Å². The van der Waals surface area contributed by atoms with Crippen molar-refractivity contribution in [1.82, 2.24) is 0 Å². The Kier molecular flexibility index (Phi) is 6.81. The van der Waals surface area contributed by atoms with Crippen LogP contribution in [-0.2, 0) is 13.6 Å². The molecule has 0 heterocycles. The molecule has 0 aliphatic rings. The highest BCUT2D eigenvalue weighted by Crippen LogP contribution is 2.24. The molecule has 0 aliphatic carbocycles. The molecule has 6 heteroatoms. The Morgan fingerprint density at radius 1 is 1.06 bits per heavy atom. The van der Waals surface area contributed by atoms with Crippen LogP contribution in [0, 0.1) is 22.7 Å². The fraction of sp³-hybridized carbons (Fsp3) is 0. The first-order chi connectivity index (χ1) is 7.60. The van der Waals surface area contributed by atoms with Crippen LogP contribution in [0.15, 0.2) is 49.0 Å². The maximum Gasteiger partial charge on any atom is 0.804 e. The van der Waals surface area contributed by atoms with Crippen molar-refractivity contribution in [3.63, 3.8) is 0 Å². The quantitative estimate of drug-likeness (QED) is 0.306. The molecule has 16 heavy (non-hydrogen) atoms. The predicted molar refractivity (Wildman–Crippen MR) is 57.6 cm³/mol. The van der Waals surface area contributed by atoms with Crippen molar-refractivity contribution < 1.29 is 13.6 Å². The molecule has 0 atom stereocenters. The number of hydrogen-bond donors (Lipinski definition) is 0. The van der Waals surface area contributed by atoms with Gasteiger partial charge in [0, 0.05) is 15.7 Å². The van der Waals surface area contributed by atoms with Gasteiger partial charge in [0.25, 0.3) is 0 Å². The van der Waals surface area contributed by atoms with Crippen LogP contribution in [0.1, 0.15) is 0 Å². The van der Waals surface area contributed by atoms with E-state index in [0.717, 1.165) is 12.5 Å².